The summed E-state index contributed by atoms with van der Waals surface area (Å²) in [5.41, 5.74) is 4.03. The molecule has 3 heterocycles. The lowest BCUT2D eigenvalue weighted by Crippen LogP contribution is -2.05. The molecule has 0 saturated carbocycles. The quantitative estimate of drug-likeness (QED) is 0.451. The second-order valence-corrected chi connectivity index (χ2v) is 7.17. The van der Waals surface area contributed by atoms with Crippen molar-refractivity contribution in [1.29, 1.82) is 0 Å². The average molecular weight is 409 g/mol. The number of H-pyrrole nitrogens is 1. The van der Waals surface area contributed by atoms with Crippen LogP contribution in [-0.4, -0.2) is 27.0 Å². The van der Waals surface area contributed by atoms with Gasteiger partial charge in [-0.2, -0.15) is 0 Å². The predicted molar refractivity (Wildman–Crippen MR) is 122 cm³/mol. The Bertz CT molecular complexity index is 1480. The molecule has 5 aromatic rings. The number of aromatic nitrogens is 4. The molecule has 0 saturated heterocycles. The van der Waals surface area contributed by atoms with E-state index in [1.54, 1.807) is 19.5 Å². The number of pyridine rings is 2. The van der Waals surface area contributed by atoms with Crippen molar-refractivity contribution in [3.05, 3.63) is 82.9 Å². The summed E-state index contributed by atoms with van der Waals surface area (Å²) >= 11 is 0. The summed E-state index contributed by atoms with van der Waals surface area (Å²) in [6, 6.07) is 16.8. The van der Waals surface area contributed by atoms with E-state index in [4.69, 9.17) is 14.7 Å². The van der Waals surface area contributed by atoms with Crippen LogP contribution in [0.3, 0.4) is 0 Å². The van der Waals surface area contributed by atoms with Crippen LogP contribution >= 0.6 is 0 Å². The van der Waals surface area contributed by atoms with Gasteiger partial charge in [0, 0.05) is 35.1 Å². The van der Waals surface area contributed by atoms with Gasteiger partial charge >= 0.3 is 0 Å². The molecular weight excluding hydrogens is 390 g/mol. The molecule has 0 aliphatic rings. The highest BCUT2D eigenvalue weighted by atomic mass is 16.5. The van der Waals surface area contributed by atoms with Crippen LogP contribution in [0, 0.1) is 6.92 Å². The maximum Gasteiger partial charge on any atom is 0.248 e. The van der Waals surface area contributed by atoms with Crippen molar-refractivity contribution in [2.75, 3.05) is 12.4 Å². The highest BCUT2D eigenvalue weighted by Crippen LogP contribution is 2.32. The molecule has 2 aromatic carbocycles. The van der Waals surface area contributed by atoms with Crippen molar-refractivity contribution in [2.45, 2.75) is 6.92 Å². The summed E-state index contributed by atoms with van der Waals surface area (Å²) in [5.74, 6) is 1.93. The van der Waals surface area contributed by atoms with E-state index in [-0.39, 0.29) is 5.56 Å². The molecule has 0 amide bonds. The molecule has 0 radical (unpaired) electrons. The molecule has 0 aliphatic carbocycles. The second-order valence-electron chi connectivity index (χ2n) is 7.17. The molecule has 0 bridgehead atoms. The molecule has 2 N–H and O–H groups in total. The van der Waals surface area contributed by atoms with E-state index in [1.165, 1.54) is 6.07 Å². The second kappa shape index (κ2) is 7.53. The summed E-state index contributed by atoms with van der Waals surface area (Å²) in [6.45, 7) is 1.96. The summed E-state index contributed by atoms with van der Waals surface area (Å²) in [5, 5.41) is 5.23. The number of ether oxygens (including phenoxy) is 1. The number of nitrogens with one attached hydrogen (secondary N) is 2. The highest BCUT2D eigenvalue weighted by molar-refractivity contribution is 5.95. The van der Waals surface area contributed by atoms with Gasteiger partial charge in [-0.25, -0.2) is 9.97 Å². The summed E-state index contributed by atoms with van der Waals surface area (Å²) < 4.78 is 5.40. The minimum atomic E-state index is -0.135. The Labute approximate surface area is 177 Å². The first kappa shape index (κ1) is 18.7. The zero-order valence-electron chi connectivity index (χ0n) is 17.0. The maximum absolute atomic E-state index is 11.8. The number of anilines is 2. The molecule has 31 heavy (non-hydrogen) atoms. The SMILES string of the molecule is COc1ccc2nc(-c3cccnc3)nc(Nc3ccc4ccc(=O)[nH]c4c3C)c2c1. The van der Waals surface area contributed by atoms with Gasteiger partial charge in [-0.05, 0) is 60.3 Å². The van der Waals surface area contributed by atoms with E-state index in [2.05, 4.69) is 15.3 Å². The molecule has 7 nitrogen and oxygen atoms in total. The number of fused-ring (bicyclic) bond motifs is 2. The fourth-order valence-corrected chi connectivity index (χ4v) is 3.58. The molecule has 0 atom stereocenters. The van der Waals surface area contributed by atoms with Crippen molar-refractivity contribution in [3.63, 3.8) is 0 Å². The fraction of sp³-hybridized carbons (Fsp3) is 0.0833. The number of methoxy groups -OCH3 is 1. The van der Waals surface area contributed by atoms with Gasteiger partial charge in [0.25, 0.3) is 0 Å². The molecule has 0 spiro atoms. The van der Waals surface area contributed by atoms with E-state index in [0.717, 1.165) is 38.6 Å². The Balaban J connectivity index is 1.70. The van der Waals surface area contributed by atoms with Crippen LogP contribution in [0.1, 0.15) is 5.56 Å². The normalized spacial score (nSPS) is 11.0. The number of aryl methyl sites for hydroxylation is 1. The summed E-state index contributed by atoms with van der Waals surface area (Å²) in [4.78, 5) is 28.4. The van der Waals surface area contributed by atoms with Crippen LogP contribution in [-0.2, 0) is 0 Å². The Morgan fingerprint density at radius 3 is 2.71 bits per heavy atom. The molecule has 3 aromatic heterocycles. The van der Waals surface area contributed by atoms with E-state index in [9.17, 15) is 4.79 Å². The van der Waals surface area contributed by atoms with Gasteiger partial charge in [-0.1, -0.05) is 6.07 Å². The smallest absolute Gasteiger partial charge is 0.248 e. The third-order valence-electron chi connectivity index (χ3n) is 5.24. The van der Waals surface area contributed by atoms with Crippen LogP contribution in [0.15, 0.2) is 71.8 Å². The lowest BCUT2D eigenvalue weighted by atomic mass is 10.1. The third kappa shape index (κ3) is 3.46. The molecule has 152 valence electrons. The van der Waals surface area contributed by atoms with Gasteiger partial charge in [0.05, 0.1) is 18.1 Å². The first-order valence-corrected chi connectivity index (χ1v) is 9.78. The standard InChI is InChI=1S/C24H19N5O2/c1-14-19(8-5-15-6-10-21(30)28-22(14)15)26-24-18-12-17(31-2)7-9-20(18)27-23(29-24)16-4-3-11-25-13-16/h3-13H,1-2H3,(H,28,30)(H,26,27,29). The lowest BCUT2D eigenvalue weighted by Gasteiger charge is -2.14. The third-order valence-corrected chi connectivity index (χ3v) is 5.24. The van der Waals surface area contributed by atoms with Crippen LogP contribution in [0.25, 0.3) is 33.2 Å². The fourth-order valence-electron chi connectivity index (χ4n) is 3.58. The Morgan fingerprint density at radius 2 is 1.90 bits per heavy atom. The van der Waals surface area contributed by atoms with E-state index >= 15 is 0 Å². The van der Waals surface area contributed by atoms with Crippen molar-refractivity contribution in [1.82, 2.24) is 19.9 Å². The minimum absolute atomic E-state index is 0.135. The number of nitrogens with zero attached hydrogens (tertiary/aromatic N) is 3. The molecule has 0 fully saturated rings. The minimum Gasteiger partial charge on any atom is -0.497 e. The van der Waals surface area contributed by atoms with Crippen molar-refractivity contribution in [2.24, 2.45) is 0 Å². The van der Waals surface area contributed by atoms with Gasteiger partial charge < -0.3 is 15.0 Å². The number of aromatic amines is 1. The Hall–Kier alpha value is -4.26. The topological polar surface area (TPSA) is 92.8 Å². The zero-order chi connectivity index (χ0) is 21.4. The first-order valence-electron chi connectivity index (χ1n) is 9.78. The van der Waals surface area contributed by atoms with E-state index in [1.807, 2.05) is 55.5 Å². The number of benzene rings is 2. The summed E-state index contributed by atoms with van der Waals surface area (Å²) in [7, 11) is 1.63. The molecular formula is C24H19N5O2. The van der Waals surface area contributed by atoms with Crippen molar-refractivity contribution >= 4 is 33.3 Å². The van der Waals surface area contributed by atoms with E-state index < -0.39 is 0 Å². The van der Waals surface area contributed by atoms with Crippen molar-refractivity contribution in [3.8, 4) is 17.1 Å². The first-order chi connectivity index (χ1) is 15.1. The maximum atomic E-state index is 11.8. The lowest BCUT2D eigenvalue weighted by molar-refractivity contribution is 0.415. The Kier molecular flexibility index (Phi) is 4.55. The largest absolute Gasteiger partial charge is 0.497 e. The zero-order valence-corrected chi connectivity index (χ0v) is 17.0. The van der Waals surface area contributed by atoms with Gasteiger partial charge in [-0.15, -0.1) is 0 Å². The van der Waals surface area contributed by atoms with E-state index in [0.29, 0.717) is 17.4 Å². The van der Waals surface area contributed by atoms with Crippen LogP contribution in [0.2, 0.25) is 0 Å². The average Bonchev–Trinajstić information content (AvgIpc) is 2.81. The van der Waals surface area contributed by atoms with Crippen LogP contribution in [0.4, 0.5) is 11.5 Å². The molecule has 5 rings (SSSR count). The van der Waals surface area contributed by atoms with Crippen LogP contribution < -0.4 is 15.6 Å². The number of rotatable bonds is 4. The monoisotopic (exact) mass is 409 g/mol. The Morgan fingerprint density at radius 1 is 1.03 bits per heavy atom. The predicted octanol–water partition coefficient (Wildman–Crippen LogP) is 4.59. The number of hydrogen-bond acceptors (Lipinski definition) is 6. The van der Waals surface area contributed by atoms with Gasteiger partial charge in [0.15, 0.2) is 5.82 Å². The number of hydrogen-bond donors (Lipinski definition) is 2. The van der Waals surface area contributed by atoms with Crippen LogP contribution in [0.5, 0.6) is 5.75 Å². The molecule has 7 heteroatoms. The molecule has 0 unspecified atom stereocenters. The van der Waals surface area contributed by atoms with Gasteiger partial charge in [0.2, 0.25) is 5.56 Å². The van der Waals surface area contributed by atoms with Crippen molar-refractivity contribution < 1.29 is 4.74 Å². The summed E-state index contributed by atoms with van der Waals surface area (Å²) in [6.07, 6.45) is 3.45. The van der Waals surface area contributed by atoms with Gasteiger partial charge in [-0.3, -0.25) is 9.78 Å². The highest BCUT2D eigenvalue weighted by Gasteiger charge is 2.13. The molecule has 0 aliphatic heterocycles. The van der Waals surface area contributed by atoms with Gasteiger partial charge in [0.1, 0.15) is 11.6 Å².